The van der Waals surface area contributed by atoms with Crippen LogP contribution in [0.3, 0.4) is 0 Å². The minimum atomic E-state index is -0.356. The van der Waals surface area contributed by atoms with Gasteiger partial charge in [-0.05, 0) is 25.1 Å². The first-order valence-corrected chi connectivity index (χ1v) is 8.15. The summed E-state index contributed by atoms with van der Waals surface area (Å²) >= 11 is 0. The van der Waals surface area contributed by atoms with E-state index in [-0.39, 0.29) is 17.2 Å². The summed E-state index contributed by atoms with van der Waals surface area (Å²) in [7, 11) is 1.79. The predicted molar refractivity (Wildman–Crippen MR) is 99.8 cm³/mol. The number of nitrogens with one attached hydrogen (secondary N) is 2. The van der Waals surface area contributed by atoms with Crippen LogP contribution in [0.15, 0.2) is 59.5 Å². The van der Waals surface area contributed by atoms with E-state index >= 15 is 0 Å². The topological polar surface area (TPSA) is 84.7 Å². The van der Waals surface area contributed by atoms with E-state index in [9.17, 15) is 9.59 Å². The van der Waals surface area contributed by atoms with Crippen LogP contribution in [0.4, 0.5) is 5.69 Å². The minimum Gasteiger partial charge on any atom is -0.316 e. The molecule has 0 bridgehead atoms. The van der Waals surface area contributed by atoms with Crippen molar-refractivity contribution in [2.45, 2.75) is 6.92 Å². The number of aromatic amines is 1. The maximum absolute atomic E-state index is 12.9. The molecule has 0 saturated carbocycles. The van der Waals surface area contributed by atoms with Gasteiger partial charge in [0.2, 0.25) is 0 Å². The second kappa shape index (κ2) is 6.03. The highest BCUT2D eigenvalue weighted by molar-refractivity contribution is 6.11. The molecule has 26 heavy (non-hydrogen) atoms. The molecule has 7 heteroatoms. The van der Waals surface area contributed by atoms with Crippen LogP contribution in [0.1, 0.15) is 16.1 Å². The number of hydrogen-bond donors (Lipinski definition) is 2. The maximum atomic E-state index is 12.9. The Morgan fingerprint density at radius 2 is 1.88 bits per heavy atom. The Balaban J connectivity index is 1.77. The fourth-order valence-electron chi connectivity index (χ4n) is 3.05. The van der Waals surface area contributed by atoms with Crippen molar-refractivity contribution < 1.29 is 4.79 Å². The third kappa shape index (κ3) is 2.41. The van der Waals surface area contributed by atoms with Gasteiger partial charge in [-0.2, -0.15) is 5.10 Å². The van der Waals surface area contributed by atoms with E-state index < -0.39 is 0 Å². The summed E-state index contributed by atoms with van der Waals surface area (Å²) in [5.41, 5.74) is 2.47. The summed E-state index contributed by atoms with van der Waals surface area (Å²) in [4.78, 5) is 25.7. The molecule has 2 N–H and O–H groups in total. The smallest absolute Gasteiger partial charge is 0.295 e. The van der Waals surface area contributed by atoms with Crippen LogP contribution in [-0.4, -0.2) is 25.5 Å². The van der Waals surface area contributed by atoms with Crippen molar-refractivity contribution in [3.63, 3.8) is 0 Å². The van der Waals surface area contributed by atoms with Gasteiger partial charge >= 0.3 is 0 Å². The lowest BCUT2D eigenvalue weighted by Gasteiger charge is -2.07. The molecule has 4 aromatic rings. The molecule has 2 aromatic carbocycles. The number of aromatic nitrogens is 4. The summed E-state index contributed by atoms with van der Waals surface area (Å²) in [6.45, 7) is 1.80. The Kier molecular flexibility index (Phi) is 3.69. The van der Waals surface area contributed by atoms with Gasteiger partial charge in [-0.3, -0.25) is 19.4 Å². The molecule has 0 aliphatic heterocycles. The molecule has 7 nitrogen and oxygen atoms in total. The van der Waals surface area contributed by atoms with Crippen LogP contribution >= 0.6 is 0 Å². The molecular weight excluding hydrogens is 330 g/mol. The molecule has 0 unspecified atom stereocenters. The van der Waals surface area contributed by atoms with E-state index in [0.29, 0.717) is 16.8 Å². The number of fused-ring (bicyclic) bond motifs is 1. The molecule has 0 atom stereocenters. The van der Waals surface area contributed by atoms with Gasteiger partial charge in [-0.1, -0.05) is 30.3 Å². The van der Waals surface area contributed by atoms with Gasteiger partial charge < -0.3 is 5.32 Å². The van der Waals surface area contributed by atoms with E-state index in [1.54, 1.807) is 37.0 Å². The summed E-state index contributed by atoms with van der Waals surface area (Å²) in [6, 6.07) is 14.7. The fourth-order valence-corrected chi connectivity index (χ4v) is 3.05. The van der Waals surface area contributed by atoms with E-state index in [2.05, 4.69) is 15.5 Å². The molecule has 0 spiro atoms. The number of benzene rings is 2. The van der Waals surface area contributed by atoms with Crippen molar-refractivity contribution in [2.24, 2.45) is 7.05 Å². The zero-order chi connectivity index (χ0) is 18.3. The van der Waals surface area contributed by atoms with Gasteiger partial charge in [0.25, 0.3) is 11.5 Å². The second-order valence-electron chi connectivity index (χ2n) is 6.03. The quantitative estimate of drug-likeness (QED) is 0.597. The molecule has 0 aliphatic carbocycles. The molecule has 2 aromatic heterocycles. The zero-order valence-corrected chi connectivity index (χ0v) is 14.4. The SMILES string of the molecule is Cc1c(NC(=O)c2cccc3cn[nH]c23)c(=O)n(-c2ccccc2)n1C. The Hall–Kier alpha value is -3.61. The highest BCUT2D eigenvalue weighted by Crippen LogP contribution is 2.19. The van der Waals surface area contributed by atoms with Crippen LogP contribution in [0.5, 0.6) is 0 Å². The van der Waals surface area contributed by atoms with E-state index in [1.807, 2.05) is 36.4 Å². The van der Waals surface area contributed by atoms with Crippen molar-refractivity contribution in [1.29, 1.82) is 0 Å². The van der Waals surface area contributed by atoms with E-state index in [4.69, 9.17) is 0 Å². The van der Waals surface area contributed by atoms with Gasteiger partial charge in [0.1, 0.15) is 5.69 Å². The third-order valence-corrected chi connectivity index (χ3v) is 4.51. The average molecular weight is 347 g/mol. The first kappa shape index (κ1) is 15.9. The average Bonchev–Trinajstić information content (AvgIpc) is 3.21. The lowest BCUT2D eigenvalue weighted by atomic mass is 10.1. The van der Waals surface area contributed by atoms with Gasteiger partial charge in [-0.25, -0.2) is 4.68 Å². The Morgan fingerprint density at radius 1 is 1.12 bits per heavy atom. The van der Waals surface area contributed by atoms with Crippen molar-refractivity contribution in [1.82, 2.24) is 19.6 Å². The Labute approximate surface area is 148 Å². The normalized spacial score (nSPS) is 11.0. The molecule has 0 radical (unpaired) electrons. The van der Waals surface area contributed by atoms with Crippen LogP contribution < -0.4 is 10.9 Å². The molecule has 4 rings (SSSR count). The lowest BCUT2D eigenvalue weighted by molar-refractivity contribution is 0.102. The maximum Gasteiger partial charge on any atom is 0.295 e. The first-order chi connectivity index (χ1) is 12.6. The molecule has 2 heterocycles. The van der Waals surface area contributed by atoms with E-state index in [1.165, 1.54) is 4.68 Å². The summed E-state index contributed by atoms with van der Waals surface area (Å²) in [5, 5.41) is 10.4. The fraction of sp³-hybridized carbons (Fsp3) is 0.105. The van der Waals surface area contributed by atoms with Crippen LogP contribution in [-0.2, 0) is 7.05 Å². The largest absolute Gasteiger partial charge is 0.316 e. The number of nitrogens with zero attached hydrogens (tertiary/aromatic N) is 3. The van der Waals surface area contributed by atoms with Crippen molar-refractivity contribution in [3.8, 4) is 5.69 Å². The van der Waals surface area contributed by atoms with Crippen LogP contribution in [0, 0.1) is 6.92 Å². The molecule has 130 valence electrons. The minimum absolute atomic E-state index is 0.262. The zero-order valence-electron chi connectivity index (χ0n) is 14.4. The summed E-state index contributed by atoms with van der Waals surface area (Å²) in [6.07, 6.45) is 1.66. The number of rotatable bonds is 3. The van der Waals surface area contributed by atoms with Gasteiger partial charge in [0.15, 0.2) is 0 Å². The Morgan fingerprint density at radius 3 is 2.65 bits per heavy atom. The molecule has 0 fully saturated rings. The second-order valence-corrected chi connectivity index (χ2v) is 6.03. The molecular formula is C19H17N5O2. The number of hydrogen-bond acceptors (Lipinski definition) is 3. The first-order valence-electron chi connectivity index (χ1n) is 8.15. The van der Waals surface area contributed by atoms with Gasteiger partial charge in [0, 0.05) is 12.4 Å². The Bertz CT molecular complexity index is 1170. The van der Waals surface area contributed by atoms with Gasteiger partial charge in [-0.15, -0.1) is 0 Å². The molecule has 0 saturated heterocycles. The highest BCUT2D eigenvalue weighted by Gasteiger charge is 2.20. The van der Waals surface area contributed by atoms with Crippen molar-refractivity contribution in [2.75, 3.05) is 5.32 Å². The number of H-pyrrole nitrogens is 1. The van der Waals surface area contributed by atoms with Crippen molar-refractivity contribution >= 4 is 22.5 Å². The van der Waals surface area contributed by atoms with Crippen LogP contribution in [0.25, 0.3) is 16.6 Å². The van der Waals surface area contributed by atoms with Gasteiger partial charge in [0.05, 0.1) is 28.7 Å². The van der Waals surface area contributed by atoms with E-state index in [0.717, 1.165) is 11.1 Å². The molecule has 1 amide bonds. The summed E-state index contributed by atoms with van der Waals surface area (Å²) in [5.74, 6) is -0.356. The number of anilines is 1. The molecule has 0 aliphatic rings. The predicted octanol–water partition coefficient (Wildman–Crippen LogP) is 2.61. The number of carbonyl (C=O) groups is 1. The monoisotopic (exact) mass is 347 g/mol. The number of carbonyl (C=O) groups excluding carboxylic acids is 1. The number of para-hydroxylation sites is 2. The lowest BCUT2D eigenvalue weighted by Crippen LogP contribution is -2.23. The summed E-state index contributed by atoms with van der Waals surface area (Å²) < 4.78 is 3.26. The van der Waals surface area contributed by atoms with Crippen molar-refractivity contribution in [3.05, 3.63) is 76.3 Å². The standard InChI is InChI=1S/C19H17N5O2/c1-12-16(19(26)24(23(12)2)14-8-4-3-5-9-14)21-18(25)15-10-6-7-13-11-20-22-17(13)15/h3-11H,1-2H3,(H,20,22)(H,21,25). The third-order valence-electron chi connectivity index (χ3n) is 4.51. The highest BCUT2D eigenvalue weighted by atomic mass is 16.2. The van der Waals surface area contributed by atoms with Crippen LogP contribution in [0.2, 0.25) is 0 Å². The number of amides is 1.